The van der Waals surface area contributed by atoms with E-state index in [0.29, 0.717) is 16.5 Å². The van der Waals surface area contributed by atoms with Gasteiger partial charge in [-0.2, -0.15) is 13.2 Å². The molecule has 3 nitrogen and oxygen atoms in total. The summed E-state index contributed by atoms with van der Waals surface area (Å²) in [6, 6.07) is 8.69. The second-order valence-electron chi connectivity index (χ2n) is 5.31. The van der Waals surface area contributed by atoms with Crippen LogP contribution in [0.3, 0.4) is 0 Å². The minimum atomic E-state index is -4.58. The molecule has 0 aliphatic rings. The third-order valence-corrected chi connectivity index (χ3v) is 3.73. The Morgan fingerprint density at radius 2 is 1.83 bits per heavy atom. The lowest BCUT2D eigenvalue weighted by molar-refractivity contribution is -0.136. The van der Waals surface area contributed by atoms with Crippen molar-refractivity contribution in [2.75, 3.05) is 5.32 Å². The maximum absolute atomic E-state index is 13.3. The third kappa shape index (κ3) is 2.84. The molecular formula is C17H12F4N2O. The van der Waals surface area contributed by atoms with Gasteiger partial charge in [0, 0.05) is 10.9 Å². The van der Waals surface area contributed by atoms with Crippen molar-refractivity contribution in [3.63, 3.8) is 0 Å². The smallest absolute Gasteiger partial charge is 0.350 e. The summed E-state index contributed by atoms with van der Waals surface area (Å²) in [5, 5.41) is 2.77. The molecule has 24 heavy (non-hydrogen) atoms. The minimum absolute atomic E-state index is 0.0903. The number of H-pyrrole nitrogens is 1. The van der Waals surface area contributed by atoms with Crippen LogP contribution in [0.25, 0.3) is 10.9 Å². The number of halogens is 4. The average Bonchev–Trinajstić information content (AvgIpc) is 2.84. The highest BCUT2D eigenvalue weighted by Gasteiger charge is 2.33. The van der Waals surface area contributed by atoms with Gasteiger partial charge in [0.15, 0.2) is 0 Å². The second-order valence-corrected chi connectivity index (χ2v) is 5.31. The van der Waals surface area contributed by atoms with Gasteiger partial charge in [-0.1, -0.05) is 12.1 Å². The van der Waals surface area contributed by atoms with Crippen LogP contribution < -0.4 is 5.32 Å². The molecule has 2 N–H and O–H groups in total. The first kappa shape index (κ1) is 16.0. The third-order valence-electron chi connectivity index (χ3n) is 3.73. The van der Waals surface area contributed by atoms with E-state index in [1.165, 1.54) is 36.4 Å². The molecule has 1 aromatic heterocycles. The number of carbonyl (C=O) groups excluding carboxylic acids is 1. The van der Waals surface area contributed by atoms with E-state index in [0.717, 1.165) is 6.07 Å². The first-order chi connectivity index (χ1) is 11.3. The van der Waals surface area contributed by atoms with Crippen LogP contribution in [0, 0.1) is 12.7 Å². The molecule has 0 unspecified atom stereocenters. The van der Waals surface area contributed by atoms with Gasteiger partial charge in [0.25, 0.3) is 5.91 Å². The molecule has 0 atom stereocenters. The molecule has 0 spiro atoms. The summed E-state index contributed by atoms with van der Waals surface area (Å²) < 4.78 is 52.3. The topological polar surface area (TPSA) is 44.9 Å². The standard InChI is InChI=1S/C17H12F4N2O/c1-9-11-8-10(18)6-7-13(11)22-15(9)16(24)23-14-5-3-2-4-12(14)17(19,20)21/h2-8,22H,1H3,(H,23,24). The van der Waals surface area contributed by atoms with Gasteiger partial charge in [-0.15, -0.1) is 0 Å². The first-order valence-electron chi connectivity index (χ1n) is 7.03. The Kier molecular flexibility index (Phi) is 3.79. The molecule has 1 heterocycles. The lowest BCUT2D eigenvalue weighted by Crippen LogP contribution is -2.17. The van der Waals surface area contributed by atoms with Crippen molar-refractivity contribution < 1.29 is 22.4 Å². The molecule has 7 heteroatoms. The summed E-state index contributed by atoms with van der Waals surface area (Å²) >= 11 is 0. The van der Waals surface area contributed by atoms with Crippen molar-refractivity contribution >= 4 is 22.5 Å². The number of carbonyl (C=O) groups is 1. The van der Waals surface area contributed by atoms with Gasteiger partial charge in [0.1, 0.15) is 11.5 Å². The van der Waals surface area contributed by atoms with Crippen molar-refractivity contribution in [3.05, 3.63) is 65.1 Å². The molecular weight excluding hydrogens is 324 g/mol. The van der Waals surface area contributed by atoms with E-state index in [1.807, 2.05) is 0 Å². The van der Waals surface area contributed by atoms with E-state index in [-0.39, 0.29) is 11.4 Å². The number of anilines is 1. The zero-order valence-electron chi connectivity index (χ0n) is 12.5. The molecule has 0 radical (unpaired) electrons. The largest absolute Gasteiger partial charge is 0.418 e. The van der Waals surface area contributed by atoms with Crippen LogP contribution in [0.15, 0.2) is 42.5 Å². The lowest BCUT2D eigenvalue weighted by atomic mass is 10.1. The fraction of sp³-hybridized carbons (Fsp3) is 0.118. The summed E-state index contributed by atoms with van der Waals surface area (Å²) in [5.74, 6) is -1.18. The number of aryl methyl sites for hydroxylation is 1. The number of para-hydroxylation sites is 1. The number of hydrogen-bond donors (Lipinski definition) is 2. The van der Waals surface area contributed by atoms with Gasteiger partial charge in [-0.05, 0) is 42.8 Å². The summed E-state index contributed by atoms with van der Waals surface area (Å²) in [6.07, 6.45) is -4.58. The molecule has 0 bridgehead atoms. The van der Waals surface area contributed by atoms with E-state index in [2.05, 4.69) is 10.3 Å². The molecule has 0 aliphatic heterocycles. The van der Waals surface area contributed by atoms with Crippen LogP contribution in [-0.2, 0) is 6.18 Å². The fourth-order valence-corrected chi connectivity index (χ4v) is 2.55. The highest BCUT2D eigenvalue weighted by Crippen LogP contribution is 2.35. The monoisotopic (exact) mass is 336 g/mol. The summed E-state index contributed by atoms with van der Waals surface area (Å²) in [5.41, 5.74) is -0.181. The van der Waals surface area contributed by atoms with Crippen LogP contribution >= 0.6 is 0 Å². The van der Waals surface area contributed by atoms with E-state index >= 15 is 0 Å². The Hall–Kier alpha value is -2.83. The number of rotatable bonds is 2. The Labute approximate surface area is 134 Å². The Bertz CT molecular complexity index is 928. The van der Waals surface area contributed by atoms with E-state index in [1.54, 1.807) is 6.92 Å². The van der Waals surface area contributed by atoms with Crippen LogP contribution in [0.4, 0.5) is 23.2 Å². The molecule has 0 aliphatic carbocycles. The van der Waals surface area contributed by atoms with Crippen molar-refractivity contribution in [2.24, 2.45) is 0 Å². The van der Waals surface area contributed by atoms with Gasteiger partial charge in [-0.25, -0.2) is 4.39 Å². The van der Waals surface area contributed by atoms with Crippen molar-refractivity contribution in [1.29, 1.82) is 0 Å². The summed E-state index contributed by atoms with van der Waals surface area (Å²) in [4.78, 5) is 15.2. The molecule has 3 rings (SSSR count). The van der Waals surface area contributed by atoms with Crippen LogP contribution in [0.5, 0.6) is 0 Å². The number of alkyl halides is 3. The highest BCUT2D eigenvalue weighted by atomic mass is 19.4. The summed E-state index contributed by atoms with van der Waals surface area (Å²) in [7, 11) is 0. The van der Waals surface area contributed by atoms with Gasteiger partial charge >= 0.3 is 6.18 Å². The number of fused-ring (bicyclic) bond motifs is 1. The number of benzene rings is 2. The van der Waals surface area contributed by atoms with E-state index < -0.39 is 23.5 Å². The maximum Gasteiger partial charge on any atom is 0.418 e. The van der Waals surface area contributed by atoms with E-state index in [9.17, 15) is 22.4 Å². The SMILES string of the molecule is Cc1c(C(=O)Nc2ccccc2C(F)(F)F)[nH]c2ccc(F)cc12. The van der Waals surface area contributed by atoms with E-state index in [4.69, 9.17) is 0 Å². The van der Waals surface area contributed by atoms with Crippen LogP contribution in [-0.4, -0.2) is 10.9 Å². The van der Waals surface area contributed by atoms with Crippen molar-refractivity contribution in [2.45, 2.75) is 13.1 Å². The molecule has 124 valence electrons. The van der Waals surface area contributed by atoms with Crippen LogP contribution in [0.2, 0.25) is 0 Å². The second kappa shape index (κ2) is 5.67. The average molecular weight is 336 g/mol. The van der Waals surface area contributed by atoms with Gasteiger partial charge in [0.2, 0.25) is 0 Å². The lowest BCUT2D eigenvalue weighted by Gasteiger charge is -2.13. The van der Waals surface area contributed by atoms with Crippen LogP contribution in [0.1, 0.15) is 21.6 Å². The number of nitrogens with one attached hydrogen (secondary N) is 2. The zero-order valence-corrected chi connectivity index (χ0v) is 12.5. The number of amides is 1. The maximum atomic E-state index is 13.3. The van der Waals surface area contributed by atoms with Crippen molar-refractivity contribution in [3.8, 4) is 0 Å². The normalized spacial score (nSPS) is 11.7. The molecule has 0 saturated carbocycles. The Morgan fingerprint density at radius 1 is 1.12 bits per heavy atom. The predicted octanol–water partition coefficient (Wildman–Crippen LogP) is 4.89. The predicted molar refractivity (Wildman–Crippen MR) is 82.4 cm³/mol. The number of aromatic nitrogens is 1. The zero-order chi connectivity index (χ0) is 17.5. The van der Waals surface area contributed by atoms with Gasteiger partial charge in [0.05, 0.1) is 11.3 Å². The Balaban J connectivity index is 1.99. The number of aromatic amines is 1. The highest BCUT2D eigenvalue weighted by molar-refractivity contribution is 6.08. The van der Waals surface area contributed by atoms with Gasteiger partial charge < -0.3 is 10.3 Å². The molecule has 2 aromatic carbocycles. The molecule has 1 amide bonds. The minimum Gasteiger partial charge on any atom is -0.350 e. The number of hydrogen-bond acceptors (Lipinski definition) is 1. The molecule has 3 aromatic rings. The first-order valence-corrected chi connectivity index (χ1v) is 7.03. The van der Waals surface area contributed by atoms with Gasteiger partial charge in [-0.3, -0.25) is 4.79 Å². The van der Waals surface area contributed by atoms with Crippen molar-refractivity contribution in [1.82, 2.24) is 4.98 Å². The Morgan fingerprint density at radius 3 is 2.54 bits per heavy atom. The fourth-order valence-electron chi connectivity index (χ4n) is 2.55. The molecule has 0 saturated heterocycles. The summed E-state index contributed by atoms with van der Waals surface area (Å²) in [6.45, 7) is 1.60. The quantitative estimate of drug-likeness (QED) is 0.643. The molecule has 0 fully saturated rings.